The van der Waals surface area contributed by atoms with E-state index in [0.29, 0.717) is 25.0 Å². The van der Waals surface area contributed by atoms with E-state index in [1.54, 1.807) is 18.2 Å². The minimum Gasteiger partial charge on any atom is -0.302 e. The van der Waals surface area contributed by atoms with Gasteiger partial charge in [0.1, 0.15) is 5.52 Å². The molecule has 0 aliphatic carbocycles. The molecule has 2 aromatic heterocycles. The predicted molar refractivity (Wildman–Crippen MR) is 91.3 cm³/mol. The second kappa shape index (κ2) is 6.10. The van der Waals surface area contributed by atoms with Gasteiger partial charge < -0.3 is 5.32 Å². The van der Waals surface area contributed by atoms with Crippen molar-refractivity contribution in [2.45, 2.75) is 6.42 Å². The summed E-state index contributed by atoms with van der Waals surface area (Å²) >= 11 is 20.7. The van der Waals surface area contributed by atoms with Crippen molar-refractivity contribution in [3.8, 4) is 0 Å². The molecule has 0 aliphatic heterocycles. The summed E-state index contributed by atoms with van der Waals surface area (Å²) in [6, 6.07) is 7.00. The number of thiazole rings is 1. The zero-order chi connectivity index (χ0) is 15.0. The van der Waals surface area contributed by atoms with E-state index in [4.69, 9.17) is 34.8 Å². The molecule has 0 atom stereocenters. The topological polar surface area (TPSA) is 42.0 Å². The average molecular weight is 378 g/mol. The van der Waals surface area contributed by atoms with Gasteiger partial charge in [-0.1, -0.05) is 46.1 Å². The number of hydrogen-bond acceptors (Lipinski definition) is 4. The lowest BCUT2D eigenvalue weighted by atomic mass is 10.3. The van der Waals surface area contributed by atoms with E-state index in [9.17, 15) is 4.79 Å². The highest BCUT2D eigenvalue weighted by molar-refractivity contribution is 7.23. The van der Waals surface area contributed by atoms with Crippen LogP contribution >= 0.6 is 57.5 Å². The molecule has 0 saturated heterocycles. The minimum atomic E-state index is -0.153. The fraction of sp³-hybridized carbons (Fsp3) is 0.0769. The lowest BCUT2D eigenvalue weighted by Gasteiger charge is -1.98. The molecule has 1 N–H and O–H groups in total. The van der Waals surface area contributed by atoms with Gasteiger partial charge in [0.15, 0.2) is 5.13 Å². The third-order valence-corrected chi connectivity index (χ3v) is 5.62. The fourth-order valence-corrected chi connectivity index (χ4v) is 4.29. The molecule has 3 nitrogen and oxygen atoms in total. The maximum absolute atomic E-state index is 12.0. The van der Waals surface area contributed by atoms with Crippen molar-refractivity contribution in [1.82, 2.24) is 4.98 Å². The summed E-state index contributed by atoms with van der Waals surface area (Å²) in [7, 11) is 0. The van der Waals surface area contributed by atoms with Crippen LogP contribution in [0.3, 0.4) is 0 Å². The number of amides is 1. The van der Waals surface area contributed by atoms with Gasteiger partial charge in [0.2, 0.25) is 5.91 Å². The third kappa shape index (κ3) is 3.33. The number of fused-ring (bicyclic) bond motifs is 1. The van der Waals surface area contributed by atoms with Crippen molar-refractivity contribution in [1.29, 1.82) is 0 Å². The lowest BCUT2D eigenvalue weighted by molar-refractivity contribution is -0.115. The highest BCUT2D eigenvalue weighted by atomic mass is 35.5. The van der Waals surface area contributed by atoms with Crippen LogP contribution in [-0.2, 0) is 11.2 Å². The van der Waals surface area contributed by atoms with Gasteiger partial charge in [-0.25, -0.2) is 4.98 Å². The van der Waals surface area contributed by atoms with Crippen LogP contribution in [0.2, 0.25) is 14.4 Å². The number of halogens is 3. The predicted octanol–water partition coefficient (Wildman–Crippen LogP) is 5.50. The fourth-order valence-electron chi connectivity index (χ4n) is 1.77. The Morgan fingerprint density at radius 1 is 1.10 bits per heavy atom. The van der Waals surface area contributed by atoms with E-state index in [1.165, 1.54) is 22.7 Å². The molecule has 0 saturated carbocycles. The summed E-state index contributed by atoms with van der Waals surface area (Å²) < 4.78 is 1.43. The number of thiophene rings is 1. The Morgan fingerprint density at radius 2 is 1.86 bits per heavy atom. The van der Waals surface area contributed by atoms with Crippen LogP contribution in [0.25, 0.3) is 10.2 Å². The Balaban J connectivity index is 1.80. The van der Waals surface area contributed by atoms with Gasteiger partial charge in [0.05, 0.1) is 25.5 Å². The molecule has 21 heavy (non-hydrogen) atoms. The third-order valence-electron chi connectivity index (χ3n) is 2.66. The van der Waals surface area contributed by atoms with E-state index in [-0.39, 0.29) is 12.3 Å². The molecule has 0 spiro atoms. The van der Waals surface area contributed by atoms with E-state index < -0.39 is 0 Å². The summed E-state index contributed by atoms with van der Waals surface area (Å²) in [4.78, 5) is 17.2. The number of hydrogen-bond donors (Lipinski definition) is 1. The van der Waals surface area contributed by atoms with E-state index in [0.717, 1.165) is 9.58 Å². The second-order valence-corrected chi connectivity index (χ2v) is 7.77. The van der Waals surface area contributed by atoms with E-state index >= 15 is 0 Å². The number of nitrogens with zero attached hydrogens (tertiary/aromatic N) is 1. The molecule has 108 valence electrons. The van der Waals surface area contributed by atoms with Gasteiger partial charge in [-0.3, -0.25) is 4.79 Å². The Kier molecular flexibility index (Phi) is 4.38. The molecule has 0 bridgehead atoms. The molecule has 8 heteroatoms. The molecule has 0 aliphatic rings. The first kappa shape index (κ1) is 15.1. The van der Waals surface area contributed by atoms with Crippen molar-refractivity contribution in [2.75, 3.05) is 5.32 Å². The molecular weight excluding hydrogens is 371 g/mol. The van der Waals surface area contributed by atoms with Crippen molar-refractivity contribution in [3.63, 3.8) is 0 Å². The molecule has 0 fully saturated rings. The SMILES string of the molecule is O=C(Cc1ccc(Cl)s1)Nc1nc2c(Cl)ccc(Cl)c2s1. The highest BCUT2D eigenvalue weighted by Crippen LogP contribution is 2.36. The Bertz CT molecular complexity index is 789. The summed E-state index contributed by atoms with van der Waals surface area (Å²) in [6.45, 7) is 0. The first-order valence-electron chi connectivity index (χ1n) is 5.81. The van der Waals surface area contributed by atoms with Crippen molar-refractivity contribution in [3.05, 3.63) is 43.5 Å². The Morgan fingerprint density at radius 3 is 2.52 bits per heavy atom. The quantitative estimate of drug-likeness (QED) is 0.655. The minimum absolute atomic E-state index is 0.153. The smallest absolute Gasteiger partial charge is 0.231 e. The molecular formula is C13H7Cl3N2OS2. The first-order valence-corrected chi connectivity index (χ1v) is 8.58. The average Bonchev–Trinajstić information content (AvgIpc) is 3.01. The maximum atomic E-state index is 12.0. The number of carbonyl (C=O) groups excluding carboxylic acids is 1. The van der Waals surface area contributed by atoms with Crippen LogP contribution < -0.4 is 5.32 Å². The number of rotatable bonds is 3. The zero-order valence-electron chi connectivity index (χ0n) is 10.3. The summed E-state index contributed by atoms with van der Waals surface area (Å²) in [6.07, 6.45) is 0.259. The van der Waals surface area contributed by atoms with Crippen LogP contribution in [0.5, 0.6) is 0 Å². The number of benzene rings is 1. The Hall–Kier alpha value is -0.850. The molecule has 0 unspecified atom stereocenters. The summed E-state index contributed by atoms with van der Waals surface area (Å²) in [5, 5.41) is 4.32. The molecule has 0 radical (unpaired) electrons. The second-order valence-electron chi connectivity index (χ2n) is 4.16. The van der Waals surface area contributed by atoms with Crippen LogP contribution in [0.4, 0.5) is 5.13 Å². The van der Waals surface area contributed by atoms with Gasteiger partial charge in [0, 0.05) is 4.88 Å². The molecule has 3 aromatic rings. The maximum Gasteiger partial charge on any atom is 0.231 e. The molecule has 3 rings (SSSR count). The van der Waals surface area contributed by atoms with Crippen LogP contribution in [0.1, 0.15) is 4.88 Å². The molecule has 1 aromatic carbocycles. The Labute approximate surface area is 143 Å². The molecule has 2 heterocycles. The normalized spacial score (nSPS) is 11.0. The van der Waals surface area contributed by atoms with Gasteiger partial charge in [0.25, 0.3) is 0 Å². The highest BCUT2D eigenvalue weighted by Gasteiger charge is 2.13. The number of carbonyl (C=O) groups is 1. The first-order chi connectivity index (χ1) is 10.0. The summed E-state index contributed by atoms with van der Waals surface area (Å²) in [5.74, 6) is -0.153. The number of nitrogens with one attached hydrogen (secondary N) is 1. The number of anilines is 1. The van der Waals surface area contributed by atoms with Gasteiger partial charge >= 0.3 is 0 Å². The number of aromatic nitrogens is 1. The van der Waals surface area contributed by atoms with E-state index in [2.05, 4.69) is 10.3 Å². The van der Waals surface area contributed by atoms with Crippen LogP contribution in [-0.4, -0.2) is 10.9 Å². The van der Waals surface area contributed by atoms with Crippen LogP contribution in [0.15, 0.2) is 24.3 Å². The monoisotopic (exact) mass is 376 g/mol. The van der Waals surface area contributed by atoms with Crippen molar-refractivity contribution in [2.24, 2.45) is 0 Å². The van der Waals surface area contributed by atoms with Gasteiger partial charge in [-0.2, -0.15) is 0 Å². The zero-order valence-corrected chi connectivity index (χ0v) is 14.2. The molecule has 1 amide bonds. The van der Waals surface area contributed by atoms with Gasteiger partial charge in [-0.15, -0.1) is 11.3 Å². The van der Waals surface area contributed by atoms with E-state index in [1.807, 2.05) is 6.07 Å². The largest absolute Gasteiger partial charge is 0.302 e. The summed E-state index contributed by atoms with van der Waals surface area (Å²) in [5.41, 5.74) is 0.601. The van der Waals surface area contributed by atoms with Crippen molar-refractivity contribution < 1.29 is 4.79 Å². The lowest BCUT2D eigenvalue weighted by Crippen LogP contribution is -2.13. The van der Waals surface area contributed by atoms with Crippen molar-refractivity contribution >= 4 is 78.7 Å². The van der Waals surface area contributed by atoms with Gasteiger partial charge in [-0.05, 0) is 24.3 Å². The van der Waals surface area contributed by atoms with Crippen LogP contribution in [0, 0.1) is 0 Å². The standard InChI is InChI=1S/C13H7Cl3N2OS2/c14-7-2-3-8(15)12-11(7)18-13(21-12)17-10(19)5-6-1-4-9(16)20-6/h1-4H,5H2,(H,17,18,19).